The van der Waals surface area contributed by atoms with E-state index < -0.39 is 0 Å². The van der Waals surface area contributed by atoms with E-state index in [1.807, 2.05) is 37.3 Å². The molecule has 1 unspecified atom stereocenters. The van der Waals surface area contributed by atoms with Crippen LogP contribution in [0.2, 0.25) is 4.34 Å². The predicted molar refractivity (Wildman–Crippen MR) is 83.8 cm³/mol. The highest BCUT2D eigenvalue weighted by molar-refractivity contribution is 7.16. The van der Waals surface area contributed by atoms with Gasteiger partial charge in [-0.3, -0.25) is 4.79 Å². The van der Waals surface area contributed by atoms with Crippen molar-refractivity contribution in [3.8, 4) is 0 Å². The fourth-order valence-electron chi connectivity index (χ4n) is 2.34. The van der Waals surface area contributed by atoms with E-state index in [0.717, 1.165) is 27.9 Å². The van der Waals surface area contributed by atoms with Gasteiger partial charge in [0.25, 0.3) is 5.91 Å². The molecule has 1 aromatic carbocycles. The Morgan fingerprint density at radius 1 is 1.40 bits per heavy atom. The minimum Gasteiger partial charge on any atom is -0.384 e. The summed E-state index contributed by atoms with van der Waals surface area (Å²) in [4.78, 5) is 13.3. The molecule has 1 aliphatic rings. The van der Waals surface area contributed by atoms with Crippen molar-refractivity contribution in [2.45, 2.75) is 19.4 Å². The fourth-order valence-corrected chi connectivity index (χ4v) is 3.41. The minimum absolute atomic E-state index is 0.0405. The lowest BCUT2D eigenvalue weighted by Crippen LogP contribution is -2.26. The summed E-state index contributed by atoms with van der Waals surface area (Å²) < 4.78 is 0.739. The van der Waals surface area contributed by atoms with Gasteiger partial charge in [0.2, 0.25) is 0 Å². The molecule has 0 bridgehead atoms. The van der Waals surface area contributed by atoms with Gasteiger partial charge >= 0.3 is 0 Å². The molecular weight excluding hydrogens is 292 g/mol. The van der Waals surface area contributed by atoms with Gasteiger partial charge in [-0.1, -0.05) is 17.7 Å². The largest absolute Gasteiger partial charge is 0.384 e. The Balaban J connectivity index is 1.73. The lowest BCUT2D eigenvalue weighted by molar-refractivity contribution is 0.0940. The molecule has 1 atom stereocenters. The Labute approximate surface area is 127 Å². The molecule has 3 rings (SSSR count). The molecule has 5 heteroatoms. The second-order valence-corrected chi connectivity index (χ2v) is 6.63. The number of rotatable bonds is 3. The van der Waals surface area contributed by atoms with Crippen molar-refractivity contribution >= 4 is 34.5 Å². The average Bonchev–Trinajstić information content (AvgIpc) is 3.05. The van der Waals surface area contributed by atoms with Gasteiger partial charge in [-0.2, -0.15) is 0 Å². The van der Waals surface area contributed by atoms with Gasteiger partial charge in [0.15, 0.2) is 0 Å². The Hall–Kier alpha value is -1.52. The van der Waals surface area contributed by atoms with Crippen molar-refractivity contribution in [3.05, 3.63) is 50.7 Å². The summed E-state index contributed by atoms with van der Waals surface area (Å²) in [5.41, 5.74) is 3.04. The van der Waals surface area contributed by atoms with Crippen molar-refractivity contribution in [2.24, 2.45) is 0 Å². The first-order chi connectivity index (χ1) is 9.63. The number of hydrogen-bond donors (Lipinski definition) is 2. The van der Waals surface area contributed by atoms with Crippen LogP contribution in [0.5, 0.6) is 0 Å². The Kier molecular flexibility index (Phi) is 3.68. The van der Waals surface area contributed by atoms with Gasteiger partial charge in [0.1, 0.15) is 0 Å². The van der Waals surface area contributed by atoms with Crippen molar-refractivity contribution in [1.82, 2.24) is 5.32 Å². The Morgan fingerprint density at radius 2 is 2.25 bits per heavy atom. The van der Waals surface area contributed by atoms with E-state index in [9.17, 15) is 4.79 Å². The van der Waals surface area contributed by atoms with E-state index in [4.69, 9.17) is 11.6 Å². The molecule has 0 radical (unpaired) electrons. The summed E-state index contributed by atoms with van der Waals surface area (Å²) in [5, 5.41) is 6.29. The summed E-state index contributed by atoms with van der Waals surface area (Å²) in [6.07, 6.45) is 1.03. The highest BCUT2D eigenvalue weighted by atomic mass is 35.5. The number of anilines is 1. The molecule has 0 fully saturated rings. The smallest absolute Gasteiger partial charge is 0.251 e. The maximum absolute atomic E-state index is 12.3. The second-order valence-electron chi connectivity index (χ2n) is 4.89. The van der Waals surface area contributed by atoms with Crippen LogP contribution in [-0.4, -0.2) is 12.5 Å². The summed E-state index contributed by atoms with van der Waals surface area (Å²) in [5.74, 6) is -0.0569. The topological polar surface area (TPSA) is 41.1 Å². The van der Waals surface area contributed by atoms with Crippen LogP contribution in [0.1, 0.15) is 33.8 Å². The van der Waals surface area contributed by atoms with Crippen LogP contribution >= 0.6 is 22.9 Å². The van der Waals surface area contributed by atoms with E-state index in [1.165, 1.54) is 16.9 Å². The molecule has 2 aromatic rings. The zero-order valence-corrected chi connectivity index (χ0v) is 12.6. The van der Waals surface area contributed by atoms with Gasteiger partial charge in [-0.25, -0.2) is 0 Å². The zero-order valence-electron chi connectivity index (χ0n) is 11.1. The third-order valence-corrected chi connectivity index (χ3v) is 4.86. The van der Waals surface area contributed by atoms with Crippen LogP contribution < -0.4 is 10.6 Å². The maximum atomic E-state index is 12.3. The monoisotopic (exact) mass is 306 g/mol. The molecule has 2 heterocycles. The standard InChI is InChI=1S/C15H15ClN2OS/c1-9(13-4-5-14(16)20-13)18-15(19)11-3-2-10-6-7-17-12(10)8-11/h2-5,8-9,17H,6-7H2,1H3,(H,18,19). The van der Waals surface area contributed by atoms with Crippen LogP contribution in [0, 0.1) is 0 Å². The van der Waals surface area contributed by atoms with Gasteiger partial charge in [-0.05, 0) is 43.2 Å². The first-order valence-corrected chi connectivity index (χ1v) is 7.76. The van der Waals surface area contributed by atoms with Crippen molar-refractivity contribution < 1.29 is 4.79 Å². The van der Waals surface area contributed by atoms with Crippen LogP contribution in [0.3, 0.4) is 0 Å². The first-order valence-electron chi connectivity index (χ1n) is 6.56. The number of carbonyl (C=O) groups is 1. The highest BCUT2D eigenvalue weighted by Crippen LogP contribution is 2.27. The van der Waals surface area contributed by atoms with Crippen LogP contribution in [0.4, 0.5) is 5.69 Å². The van der Waals surface area contributed by atoms with E-state index >= 15 is 0 Å². The highest BCUT2D eigenvalue weighted by Gasteiger charge is 2.16. The predicted octanol–water partition coefficient (Wildman–Crippen LogP) is 3.86. The van der Waals surface area contributed by atoms with Crippen molar-refractivity contribution in [1.29, 1.82) is 0 Å². The van der Waals surface area contributed by atoms with Gasteiger partial charge in [0.05, 0.1) is 10.4 Å². The molecule has 0 saturated carbocycles. The molecule has 3 nitrogen and oxygen atoms in total. The fraction of sp³-hybridized carbons (Fsp3) is 0.267. The molecule has 0 aliphatic carbocycles. The van der Waals surface area contributed by atoms with Crippen LogP contribution in [0.25, 0.3) is 0 Å². The van der Waals surface area contributed by atoms with Gasteiger partial charge in [0, 0.05) is 22.7 Å². The third-order valence-electron chi connectivity index (χ3n) is 3.45. The number of halogens is 1. The van der Waals surface area contributed by atoms with Crippen LogP contribution in [0.15, 0.2) is 30.3 Å². The van der Waals surface area contributed by atoms with Gasteiger partial charge in [-0.15, -0.1) is 11.3 Å². The number of benzene rings is 1. The van der Waals surface area contributed by atoms with E-state index in [1.54, 1.807) is 0 Å². The number of fused-ring (bicyclic) bond motifs is 1. The minimum atomic E-state index is -0.0569. The van der Waals surface area contributed by atoms with Crippen molar-refractivity contribution in [2.75, 3.05) is 11.9 Å². The molecule has 1 aromatic heterocycles. The molecular formula is C15H15ClN2OS. The van der Waals surface area contributed by atoms with E-state index in [-0.39, 0.29) is 11.9 Å². The summed E-state index contributed by atoms with van der Waals surface area (Å²) in [7, 11) is 0. The first kappa shape index (κ1) is 13.5. The third kappa shape index (κ3) is 2.67. The molecule has 1 amide bonds. The number of amides is 1. The summed E-state index contributed by atoms with van der Waals surface area (Å²) in [6, 6.07) is 9.59. The molecule has 2 N–H and O–H groups in total. The van der Waals surface area contributed by atoms with Crippen LogP contribution in [-0.2, 0) is 6.42 Å². The number of thiophene rings is 1. The Bertz CT molecular complexity index is 653. The molecule has 0 saturated heterocycles. The lowest BCUT2D eigenvalue weighted by Gasteiger charge is -2.13. The second kappa shape index (κ2) is 5.46. The summed E-state index contributed by atoms with van der Waals surface area (Å²) in [6.45, 7) is 2.91. The van der Waals surface area contributed by atoms with E-state index in [2.05, 4.69) is 10.6 Å². The summed E-state index contributed by atoms with van der Waals surface area (Å²) >= 11 is 7.41. The quantitative estimate of drug-likeness (QED) is 0.904. The lowest BCUT2D eigenvalue weighted by atomic mass is 10.1. The SMILES string of the molecule is CC(NC(=O)c1ccc2c(c1)NCC2)c1ccc(Cl)s1. The molecule has 20 heavy (non-hydrogen) atoms. The average molecular weight is 307 g/mol. The number of carbonyl (C=O) groups excluding carboxylic acids is 1. The molecule has 104 valence electrons. The normalized spacial score (nSPS) is 14.5. The number of hydrogen-bond acceptors (Lipinski definition) is 3. The van der Waals surface area contributed by atoms with Gasteiger partial charge < -0.3 is 10.6 Å². The molecule has 1 aliphatic heterocycles. The maximum Gasteiger partial charge on any atom is 0.251 e. The van der Waals surface area contributed by atoms with Crippen molar-refractivity contribution in [3.63, 3.8) is 0 Å². The Morgan fingerprint density at radius 3 is 3.00 bits per heavy atom. The van der Waals surface area contributed by atoms with E-state index in [0.29, 0.717) is 5.56 Å². The molecule has 0 spiro atoms. The number of nitrogens with one attached hydrogen (secondary N) is 2. The zero-order chi connectivity index (χ0) is 14.1.